The first-order valence-corrected chi connectivity index (χ1v) is 9.09. The van der Waals surface area contributed by atoms with Crippen LogP contribution in [0.5, 0.6) is 0 Å². The summed E-state index contributed by atoms with van der Waals surface area (Å²) in [5.74, 6) is 0.139. The molecule has 25 heavy (non-hydrogen) atoms. The Labute approximate surface area is 149 Å². The zero-order valence-corrected chi connectivity index (χ0v) is 15.1. The third kappa shape index (κ3) is 3.85. The number of likely N-dealkylation sites (tertiary alicyclic amines) is 1. The van der Waals surface area contributed by atoms with Crippen LogP contribution in [0.3, 0.4) is 0 Å². The van der Waals surface area contributed by atoms with Crippen LogP contribution in [0.25, 0.3) is 10.9 Å². The van der Waals surface area contributed by atoms with Crippen molar-refractivity contribution in [2.24, 2.45) is 0 Å². The van der Waals surface area contributed by atoms with Gasteiger partial charge in [-0.2, -0.15) is 5.26 Å². The van der Waals surface area contributed by atoms with Crippen molar-refractivity contribution in [2.75, 3.05) is 20.1 Å². The first-order chi connectivity index (χ1) is 12.1. The minimum atomic E-state index is -0.00300. The third-order valence-electron chi connectivity index (χ3n) is 5.25. The van der Waals surface area contributed by atoms with E-state index < -0.39 is 0 Å². The van der Waals surface area contributed by atoms with Gasteiger partial charge in [-0.1, -0.05) is 12.8 Å². The highest BCUT2D eigenvalue weighted by molar-refractivity contribution is 5.86. The maximum absolute atomic E-state index is 12.5. The van der Waals surface area contributed by atoms with E-state index in [4.69, 9.17) is 5.26 Å². The van der Waals surface area contributed by atoms with Crippen molar-refractivity contribution in [1.29, 1.82) is 5.26 Å². The Bertz CT molecular complexity index is 802. The summed E-state index contributed by atoms with van der Waals surface area (Å²) in [5, 5.41) is 13.3. The minimum Gasteiger partial charge on any atom is -0.358 e. The fraction of sp³-hybridized carbons (Fsp3) is 0.500. The molecule has 5 nitrogen and oxygen atoms in total. The lowest BCUT2D eigenvalue weighted by Crippen LogP contribution is -2.45. The second kappa shape index (κ2) is 7.71. The number of carbonyl (C=O) groups excluding carboxylic acids is 1. The molecule has 1 amide bonds. The van der Waals surface area contributed by atoms with Crippen molar-refractivity contribution in [1.82, 2.24) is 15.2 Å². The number of H-pyrrole nitrogens is 1. The molecule has 0 unspecified atom stereocenters. The zero-order chi connectivity index (χ0) is 17.8. The highest BCUT2D eigenvalue weighted by Gasteiger charge is 2.24. The van der Waals surface area contributed by atoms with Crippen molar-refractivity contribution in [3.8, 4) is 6.07 Å². The Morgan fingerprint density at radius 2 is 2.24 bits per heavy atom. The Hall–Kier alpha value is -2.32. The molecule has 0 bridgehead atoms. The fourth-order valence-corrected chi connectivity index (χ4v) is 3.79. The average molecular weight is 338 g/mol. The molecule has 1 aliphatic heterocycles. The van der Waals surface area contributed by atoms with E-state index in [1.807, 2.05) is 32.2 Å². The van der Waals surface area contributed by atoms with E-state index in [9.17, 15) is 4.79 Å². The molecule has 0 saturated carbocycles. The van der Waals surface area contributed by atoms with Gasteiger partial charge < -0.3 is 10.3 Å². The molecule has 1 aliphatic rings. The number of nitriles is 1. The summed E-state index contributed by atoms with van der Waals surface area (Å²) in [7, 11) is 2.04. The monoisotopic (exact) mass is 338 g/mol. The summed E-state index contributed by atoms with van der Waals surface area (Å²) in [6.45, 7) is 3.66. The van der Waals surface area contributed by atoms with Crippen LogP contribution in [0.1, 0.15) is 42.5 Å². The van der Waals surface area contributed by atoms with E-state index in [0.29, 0.717) is 12.1 Å². The maximum Gasteiger partial charge on any atom is 0.237 e. The zero-order valence-electron chi connectivity index (χ0n) is 15.1. The summed E-state index contributed by atoms with van der Waals surface area (Å²) < 4.78 is 0. The van der Waals surface area contributed by atoms with Crippen LogP contribution < -0.4 is 5.32 Å². The number of nitrogens with zero attached hydrogens (tertiary/aromatic N) is 2. The number of fused-ring (bicyclic) bond motifs is 1. The molecular formula is C20H26N4O. The summed E-state index contributed by atoms with van der Waals surface area (Å²) in [6.07, 6.45) is 5.23. The van der Waals surface area contributed by atoms with Gasteiger partial charge in [0.25, 0.3) is 0 Å². The number of likely N-dealkylation sites (N-methyl/N-ethyl adjacent to an activating group) is 1. The summed E-state index contributed by atoms with van der Waals surface area (Å²) in [5.41, 5.74) is 3.99. The lowest BCUT2D eigenvalue weighted by molar-refractivity contribution is -0.126. The van der Waals surface area contributed by atoms with E-state index in [1.54, 1.807) is 0 Å². The second-order valence-corrected chi connectivity index (χ2v) is 6.99. The standard InChI is InChI=1S/C20H26N4O/c1-14-16(17-12-15(13-21)7-8-18(17)23-14)9-10-22-20(25)19-6-4-3-5-11-24(19)2/h7-8,12,19,23H,3-6,9-11H2,1-2H3,(H,22,25)/t19-/m0/s1. The predicted molar refractivity (Wildman–Crippen MR) is 99.4 cm³/mol. The highest BCUT2D eigenvalue weighted by Crippen LogP contribution is 2.23. The summed E-state index contributed by atoms with van der Waals surface area (Å²) in [4.78, 5) is 18.1. The van der Waals surface area contributed by atoms with Crippen molar-refractivity contribution in [3.63, 3.8) is 0 Å². The molecule has 1 atom stereocenters. The molecule has 0 radical (unpaired) electrons. The third-order valence-corrected chi connectivity index (χ3v) is 5.25. The average Bonchev–Trinajstić information content (AvgIpc) is 2.77. The number of carbonyl (C=O) groups is 1. The topological polar surface area (TPSA) is 71.9 Å². The Balaban J connectivity index is 1.65. The number of hydrogen-bond donors (Lipinski definition) is 2. The van der Waals surface area contributed by atoms with E-state index in [0.717, 1.165) is 42.4 Å². The first kappa shape index (κ1) is 17.5. The van der Waals surface area contributed by atoms with Crippen LogP contribution in [0.4, 0.5) is 0 Å². The van der Waals surface area contributed by atoms with E-state index >= 15 is 0 Å². The molecule has 1 aromatic carbocycles. The van der Waals surface area contributed by atoms with Gasteiger partial charge in [0.2, 0.25) is 5.91 Å². The second-order valence-electron chi connectivity index (χ2n) is 6.99. The van der Waals surface area contributed by atoms with Crippen molar-refractivity contribution in [3.05, 3.63) is 35.0 Å². The number of benzene rings is 1. The Kier molecular flexibility index (Phi) is 5.40. The van der Waals surface area contributed by atoms with Gasteiger partial charge in [0.15, 0.2) is 0 Å². The first-order valence-electron chi connectivity index (χ1n) is 9.09. The van der Waals surface area contributed by atoms with Crippen molar-refractivity contribution in [2.45, 2.75) is 45.1 Å². The number of hydrogen-bond acceptors (Lipinski definition) is 3. The van der Waals surface area contributed by atoms with E-state index in [1.165, 1.54) is 18.4 Å². The van der Waals surface area contributed by atoms with Crippen LogP contribution in [-0.2, 0) is 11.2 Å². The number of aromatic nitrogens is 1. The van der Waals surface area contributed by atoms with E-state index in [2.05, 4.69) is 21.3 Å². The molecule has 1 fully saturated rings. The number of aryl methyl sites for hydroxylation is 1. The molecule has 3 rings (SSSR count). The Morgan fingerprint density at radius 1 is 1.40 bits per heavy atom. The molecule has 1 aromatic heterocycles. The molecule has 0 spiro atoms. The number of amides is 1. The normalized spacial score (nSPS) is 18.7. The summed E-state index contributed by atoms with van der Waals surface area (Å²) >= 11 is 0. The largest absolute Gasteiger partial charge is 0.358 e. The van der Waals surface area contributed by atoms with Gasteiger partial charge in [-0.05, 0) is 63.5 Å². The summed E-state index contributed by atoms with van der Waals surface area (Å²) in [6, 6.07) is 7.89. The SMILES string of the molecule is Cc1[nH]c2ccc(C#N)cc2c1CCNC(=O)[C@@H]1CCCCCN1C. The lowest BCUT2D eigenvalue weighted by atomic mass is 10.1. The highest BCUT2D eigenvalue weighted by atomic mass is 16.2. The van der Waals surface area contributed by atoms with Gasteiger partial charge in [0.05, 0.1) is 17.7 Å². The quantitative estimate of drug-likeness (QED) is 0.900. The molecule has 2 aromatic rings. The lowest BCUT2D eigenvalue weighted by Gasteiger charge is -2.24. The van der Waals surface area contributed by atoms with Gasteiger partial charge in [-0.25, -0.2) is 0 Å². The van der Waals surface area contributed by atoms with Gasteiger partial charge >= 0.3 is 0 Å². The number of aromatic amines is 1. The molecular weight excluding hydrogens is 312 g/mol. The molecule has 132 valence electrons. The number of nitrogens with one attached hydrogen (secondary N) is 2. The van der Waals surface area contributed by atoms with Crippen LogP contribution in [-0.4, -0.2) is 42.0 Å². The smallest absolute Gasteiger partial charge is 0.237 e. The van der Waals surface area contributed by atoms with E-state index in [-0.39, 0.29) is 11.9 Å². The van der Waals surface area contributed by atoms with Gasteiger partial charge in [0, 0.05) is 23.1 Å². The molecule has 2 heterocycles. The van der Waals surface area contributed by atoms with Crippen LogP contribution >= 0.6 is 0 Å². The van der Waals surface area contributed by atoms with Gasteiger partial charge in [-0.15, -0.1) is 0 Å². The van der Waals surface area contributed by atoms with Crippen molar-refractivity contribution >= 4 is 16.8 Å². The van der Waals surface area contributed by atoms with Gasteiger partial charge in [0.1, 0.15) is 0 Å². The fourth-order valence-electron chi connectivity index (χ4n) is 3.79. The molecule has 1 saturated heterocycles. The predicted octanol–water partition coefficient (Wildman–Crippen LogP) is 2.88. The minimum absolute atomic E-state index is 0.00300. The van der Waals surface area contributed by atoms with Crippen LogP contribution in [0.2, 0.25) is 0 Å². The van der Waals surface area contributed by atoms with Crippen LogP contribution in [0.15, 0.2) is 18.2 Å². The van der Waals surface area contributed by atoms with Gasteiger partial charge in [-0.3, -0.25) is 9.69 Å². The number of rotatable bonds is 4. The Morgan fingerprint density at radius 3 is 3.04 bits per heavy atom. The molecule has 2 N–H and O–H groups in total. The molecule has 0 aliphatic carbocycles. The maximum atomic E-state index is 12.5. The van der Waals surface area contributed by atoms with Crippen molar-refractivity contribution < 1.29 is 4.79 Å². The molecule has 5 heteroatoms. The van der Waals surface area contributed by atoms with Crippen LogP contribution in [0, 0.1) is 18.3 Å².